The van der Waals surface area contributed by atoms with E-state index in [1.165, 1.54) is 19.3 Å². The average molecular weight is 145 g/mol. The van der Waals surface area contributed by atoms with Crippen LogP contribution in [-0.4, -0.2) is 26.8 Å². The lowest BCUT2D eigenvalue weighted by Crippen LogP contribution is -2.09. The van der Waals surface area contributed by atoms with Gasteiger partial charge in [0.05, 0.1) is 6.10 Å². The number of methoxy groups -OCH3 is 1. The van der Waals surface area contributed by atoms with Crippen molar-refractivity contribution < 1.29 is 4.74 Å². The molecular formula is C8H19NO. The fraction of sp³-hybridized carbons (Fsp3) is 1.00. The summed E-state index contributed by atoms with van der Waals surface area (Å²) in [6.07, 6.45) is 4.12. The van der Waals surface area contributed by atoms with Crippen molar-refractivity contribution in [2.75, 3.05) is 20.7 Å². The zero-order chi connectivity index (χ0) is 7.82. The minimum Gasteiger partial charge on any atom is -0.382 e. The zero-order valence-electron chi connectivity index (χ0n) is 7.31. The van der Waals surface area contributed by atoms with E-state index in [0.29, 0.717) is 6.10 Å². The zero-order valence-corrected chi connectivity index (χ0v) is 7.31. The van der Waals surface area contributed by atoms with Crippen molar-refractivity contribution >= 4 is 0 Å². The largest absolute Gasteiger partial charge is 0.382 e. The maximum absolute atomic E-state index is 5.11. The monoisotopic (exact) mass is 145 g/mol. The number of hydrogen-bond donors (Lipinski definition) is 1. The molecule has 0 heterocycles. The van der Waals surface area contributed by atoms with Crippen LogP contribution >= 0.6 is 0 Å². The van der Waals surface area contributed by atoms with Gasteiger partial charge in [0, 0.05) is 7.11 Å². The number of nitrogens with one attached hydrogen (secondary N) is 1. The molecule has 1 N–H and O–H groups in total. The molecule has 1 unspecified atom stereocenters. The van der Waals surface area contributed by atoms with E-state index in [-0.39, 0.29) is 0 Å². The van der Waals surface area contributed by atoms with Crippen LogP contribution in [0.3, 0.4) is 0 Å². The summed E-state index contributed by atoms with van der Waals surface area (Å²) in [6, 6.07) is 0. The number of ether oxygens (including phenoxy) is 1. The molecule has 0 saturated heterocycles. The predicted octanol–water partition coefficient (Wildman–Crippen LogP) is 1.41. The van der Waals surface area contributed by atoms with Crippen molar-refractivity contribution in [2.45, 2.75) is 32.3 Å². The van der Waals surface area contributed by atoms with E-state index < -0.39 is 0 Å². The van der Waals surface area contributed by atoms with Gasteiger partial charge in [-0.2, -0.15) is 0 Å². The first-order valence-corrected chi connectivity index (χ1v) is 3.98. The molecule has 0 amide bonds. The van der Waals surface area contributed by atoms with E-state index in [1.54, 1.807) is 7.11 Å². The van der Waals surface area contributed by atoms with Gasteiger partial charge in [0.1, 0.15) is 0 Å². The van der Waals surface area contributed by atoms with Crippen molar-refractivity contribution in [3.63, 3.8) is 0 Å². The second-order valence-electron chi connectivity index (χ2n) is 2.65. The molecule has 62 valence electrons. The molecule has 0 aromatic heterocycles. The van der Waals surface area contributed by atoms with Crippen LogP contribution < -0.4 is 5.32 Å². The Kier molecular flexibility index (Phi) is 6.98. The topological polar surface area (TPSA) is 21.3 Å². The summed E-state index contributed by atoms with van der Waals surface area (Å²) in [5.41, 5.74) is 0. The van der Waals surface area contributed by atoms with E-state index in [1.807, 2.05) is 7.05 Å². The first kappa shape index (κ1) is 9.92. The summed E-state index contributed by atoms with van der Waals surface area (Å²) in [5, 5.41) is 3.12. The molecule has 0 fully saturated rings. The molecule has 0 bridgehead atoms. The molecule has 0 rings (SSSR count). The van der Waals surface area contributed by atoms with Gasteiger partial charge in [-0.15, -0.1) is 0 Å². The van der Waals surface area contributed by atoms with E-state index >= 15 is 0 Å². The van der Waals surface area contributed by atoms with Gasteiger partial charge in [-0.25, -0.2) is 0 Å². The lowest BCUT2D eigenvalue weighted by atomic mass is 10.2. The van der Waals surface area contributed by atoms with Gasteiger partial charge in [-0.1, -0.05) is 0 Å². The number of unbranched alkanes of at least 4 members (excludes halogenated alkanes) is 1. The molecule has 1 atom stereocenters. The van der Waals surface area contributed by atoms with Crippen molar-refractivity contribution in [2.24, 2.45) is 0 Å². The Hall–Kier alpha value is -0.0800. The second-order valence-corrected chi connectivity index (χ2v) is 2.65. The average Bonchev–Trinajstić information content (AvgIpc) is 1.98. The van der Waals surface area contributed by atoms with Gasteiger partial charge in [-0.3, -0.25) is 0 Å². The lowest BCUT2D eigenvalue weighted by molar-refractivity contribution is 0.108. The number of hydrogen-bond acceptors (Lipinski definition) is 2. The first-order valence-electron chi connectivity index (χ1n) is 3.98. The molecule has 0 aromatic rings. The van der Waals surface area contributed by atoms with Gasteiger partial charge in [0.2, 0.25) is 0 Å². The predicted molar refractivity (Wildman–Crippen MR) is 44.2 cm³/mol. The van der Waals surface area contributed by atoms with Crippen molar-refractivity contribution in [1.29, 1.82) is 0 Å². The van der Waals surface area contributed by atoms with Crippen LogP contribution in [0.2, 0.25) is 0 Å². The molecule has 2 nitrogen and oxygen atoms in total. The molecular weight excluding hydrogens is 126 g/mol. The van der Waals surface area contributed by atoms with Crippen molar-refractivity contribution in [3.8, 4) is 0 Å². The molecule has 0 aliphatic heterocycles. The highest BCUT2D eigenvalue weighted by molar-refractivity contribution is 4.50. The first-order chi connectivity index (χ1) is 4.81. The third-order valence-electron chi connectivity index (χ3n) is 1.69. The van der Waals surface area contributed by atoms with Crippen LogP contribution in [-0.2, 0) is 4.74 Å². The Morgan fingerprint density at radius 2 is 2.10 bits per heavy atom. The van der Waals surface area contributed by atoms with E-state index in [0.717, 1.165) is 6.54 Å². The van der Waals surface area contributed by atoms with Gasteiger partial charge in [-0.05, 0) is 39.8 Å². The minimum absolute atomic E-state index is 0.428. The molecule has 0 aliphatic carbocycles. The third-order valence-corrected chi connectivity index (χ3v) is 1.69. The molecule has 0 spiro atoms. The highest BCUT2D eigenvalue weighted by Gasteiger charge is 1.96. The maximum Gasteiger partial charge on any atom is 0.0543 e. The van der Waals surface area contributed by atoms with Crippen LogP contribution in [0.4, 0.5) is 0 Å². The van der Waals surface area contributed by atoms with Crippen LogP contribution in [0.5, 0.6) is 0 Å². The Morgan fingerprint density at radius 3 is 2.60 bits per heavy atom. The van der Waals surface area contributed by atoms with Gasteiger partial charge < -0.3 is 10.1 Å². The molecule has 10 heavy (non-hydrogen) atoms. The van der Waals surface area contributed by atoms with Gasteiger partial charge in [0.15, 0.2) is 0 Å². The van der Waals surface area contributed by atoms with Crippen LogP contribution in [0.15, 0.2) is 0 Å². The van der Waals surface area contributed by atoms with Crippen LogP contribution in [0, 0.1) is 0 Å². The van der Waals surface area contributed by atoms with Crippen LogP contribution in [0.25, 0.3) is 0 Å². The standard InChI is InChI=1S/C8H19NO/c1-8(10-3)6-4-5-7-9-2/h8-9H,4-7H2,1-3H3. The van der Waals surface area contributed by atoms with E-state index in [4.69, 9.17) is 4.74 Å². The summed E-state index contributed by atoms with van der Waals surface area (Å²) >= 11 is 0. The fourth-order valence-corrected chi connectivity index (χ4v) is 0.851. The summed E-state index contributed by atoms with van der Waals surface area (Å²) in [7, 11) is 3.75. The SMILES string of the molecule is CNCCCCC(C)OC. The molecule has 2 heteroatoms. The fourth-order valence-electron chi connectivity index (χ4n) is 0.851. The Morgan fingerprint density at radius 1 is 1.40 bits per heavy atom. The Bertz CT molecular complexity index is 66.3. The Labute approximate surface area is 64.0 Å². The summed E-state index contributed by atoms with van der Waals surface area (Å²) in [6.45, 7) is 3.23. The second kappa shape index (κ2) is 7.03. The molecule has 0 aromatic carbocycles. The lowest BCUT2D eigenvalue weighted by Gasteiger charge is -2.07. The van der Waals surface area contributed by atoms with Crippen molar-refractivity contribution in [1.82, 2.24) is 5.32 Å². The van der Waals surface area contributed by atoms with Gasteiger partial charge in [0.25, 0.3) is 0 Å². The summed E-state index contributed by atoms with van der Waals surface area (Å²) in [5.74, 6) is 0. The minimum atomic E-state index is 0.428. The van der Waals surface area contributed by atoms with E-state index in [9.17, 15) is 0 Å². The highest BCUT2D eigenvalue weighted by atomic mass is 16.5. The van der Waals surface area contributed by atoms with E-state index in [2.05, 4.69) is 12.2 Å². The highest BCUT2D eigenvalue weighted by Crippen LogP contribution is 2.01. The maximum atomic E-state index is 5.11. The summed E-state index contributed by atoms with van der Waals surface area (Å²) in [4.78, 5) is 0. The summed E-state index contributed by atoms with van der Waals surface area (Å²) < 4.78 is 5.11. The van der Waals surface area contributed by atoms with Crippen molar-refractivity contribution in [3.05, 3.63) is 0 Å². The normalized spacial score (nSPS) is 13.5. The molecule has 0 radical (unpaired) electrons. The smallest absolute Gasteiger partial charge is 0.0543 e. The third kappa shape index (κ3) is 6.05. The quantitative estimate of drug-likeness (QED) is 0.571. The van der Waals surface area contributed by atoms with Gasteiger partial charge >= 0.3 is 0 Å². The molecule has 0 aliphatic rings. The molecule has 0 saturated carbocycles. The Balaban J connectivity index is 2.89. The van der Waals surface area contributed by atoms with Crippen LogP contribution in [0.1, 0.15) is 26.2 Å². The number of rotatable bonds is 6.